The molecule has 2 aromatic rings. The lowest BCUT2D eigenvalue weighted by molar-refractivity contribution is -0.120. The monoisotopic (exact) mass is 247 g/mol. The fourth-order valence-corrected chi connectivity index (χ4v) is 1.45. The summed E-state index contributed by atoms with van der Waals surface area (Å²) in [6.07, 6.45) is 0.112. The summed E-state index contributed by atoms with van der Waals surface area (Å²) < 4.78 is 5.10. The molecule has 1 heterocycles. The second-order valence-corrected chi connectivity index (χ2v) is 3.63. The average molecular weight is 247 g/mol. The van der Waals surface area contributed by atoms with E-state index in [-0.39, 0.29) is 12.3 Å². The van der Waals surface area contributed by atoms with Crippen molar-refractivity contribution in [1.82, 2.24) is 25.9 Å². The lowest BCUT2D eigenvalue weighted by atomic mass is 10.2. The summed E-state index contributed by atoms with van der Waals surface area (Å²) in [6.45, 7) is 0.438. The number of amides is 1. The minimum Gasteiger partial charge on any atom is -0.497 e. The van der Waals surface area contributed by atoms with E-state index in [9.17, 15) is 4.79 Å². The van der Waals surface area contributed by atoms with Crippen molar-refractivity contribution in [3.8, 4) is 5.75 Å². The number of benzene rings is 1. The van der Waals surface area contributed by atoms with Crippen molar-refractivity contribution >= 4 is 5.91 Å². The van der Waals surface area contributed by atoms with Crippen molar-refractivity contribution in [2.45, 2.75) is 13.0 Å². The molecule has 0 aliphatic carbocycles. The van der Waals surface area contributed by atoms with Crippen molar-refractivity contribution in [3.63, 3.8) is 0 Å². The third-order valence-electron chi connectivity index (χ3n) is 2.33. The van der Waals surface area contributed by atoms with Crippen LogP contribution < -0.4 is 10.1 Å². The first-order valence-electron chi connectivity index (χ1n) is 5.40. The fraction of sp³-hybridized carbons (Fsp3) is 0.273. The number of nitrogens with one attached hydrogen (secondary N) is 2. The van der Waals surface area contributed by atoms with E-state index in [0.29, 0.717) is 12.4 Å². The Balaban J connectivity index is 1.85. The molecule has 0 unspecified atom stereocenters. The number of hydrogen-bond acceptors (Lipinski definition) is 5. The van der Waals surface area contributed by atoms with Crippen LogP contribution in [-0.2, 0) is 17.8 Å². The number of aromatic nitrogens is 4. The van der Waals surface area contributed by atoms with Gasteiger partial charge in [-0.3, -0.25) is 4.79 Å². The Bertz CT molecular complexity index is 512. The standard InChI is InChI=1S/C11H13N5O2/c1-18-9-4-2-3-8(5-9)7-12-11(17)6-10-13-15-16-14-10/h2-5H,6-7H2,1H3,(H,12,17)(H,13,14,15,16). The molecule has 1 amide bonds. The summed E-state index contributed by atoms with van der Waals surface area (Å²) in [5.74, 6) is 0.984. The van der Waals surface area contributed by atoms with Crippen LogP contribution in [-0.4, -0.2) is 33.6 Å². The Labute approximate surface area is 104 Å². The molecule has 0 saturated heterocycles. The van der Waals surface area contributed by atoms with E-state index in [2.05, 4.69) is 25.9 Å². The molecule has 0 aliphatic rings. The number of H-pyrrole nitrogens is 1. The smallest absolute Gasteiger partial charge is 0.228 e. The van der Waals surface area contributed by atoms with E-state index < -0.39 is 0 Å². The summed E-state index contributed by atoms with van der Waals surface area (Å²) >= 11 is 0. The first-order valence-corrected chi connectivity index (χ1v) is 5.40. The first kappa shape index (κ1) is 12.0. The van der Waals surface area contributed by atoms with Crippen LogP contribution in [0.3, 0.4) is 0 Å². The van der Waals surface area contributed by atoms with E-state index >= 15 is 0 Å². The van der Waals surface area contributed by atoms with E-state index in [4.69, 9.17) is 4.74 Å². The molecular weight excluding hydrogens is 234 g/mol. The van der Waals surface area contributed by atoms with Crippen LogP contribution in [0.1, 0.15) is 11.4 Å². The van der Waals surface area contributed by atoms with E-state index in [1.54, 1.807) is 7.11 Å². The van der Waals surface area contributed by atoms with E-state index in [1.807, 2.05) is 24.3 Å². The van der Waals surface area contributed by atoms with Gasteiger partial charge in [0, 0.05) is 6.54 Å². The fourth-order valence-electron chi connectivity index (χ4n) is 1.45. The Morgan fingerprint density at radius 3 is 3.11 bits per heavy atom. The molecule has 0 fully saturated rings. The normalized spacial score (nSPS) is 10.1. The molecule has 1 aromatic heterocycles. The maximum absolute atomic E-state index is 11.6. The molecule has 0 saturated carbocycles. The lowest BCUT2D eigenvalue weighted by Crippen LogP contribution is -2.25. The van der Waals surface area contributed by atoms with Crippen molar-refractivity contribution in [2.75, 3.05) is 7.11 Å². The lowest BCUT2D eigenvalue weighted by Gasteiger charge is -2.05. The highest BCUT2D eigenvalue weighted by Crippen LogP contribution is 2.12. The van der Waals surface area contributed by atoms with Crippen molar-refractivity contribution < 1.29 is 9.53 Å². The van der Waals surface area contributed by atoms with Gasteiger partial charge in [-0.05, 0) is 17.7 Å². The van der Waals surface area contributed by atoms with Crippen LogP contribution in [0.2, 0.25) is 0 Å². The maximum atomic E-state index is 11.6. The molecular formula is C11H13N5O2. The largest absolute Gasteiger partial charge is 0.497 e. The minimum atomic E-state index is -0.154. The van der Waals surface area contributed by atoms with Gasteiger partial charge >= 0.3 is 0 Å². The Hall–Kier alpha value is -2.44. The minimum absolute atomic E-state index is 0.112. The number of hydrogen-bond donors (Lipinski definition) is 2. The zero-order valence-electron chi connectivity index (χ0n) is 9.88. The molecule has 0 radical (unpaired) electrons. The van der Waals surface area contributed by atoms with Gasteiger partial charge in [-0.2, -0.15) is 5.21 Å². The summed E-state index contributed by atoms with van der Waals surface area (Å²) in [4.78, 5) is 11.6. The Morgan fingerprint density at radius 2 is 2.39 bits per heavy atom. The Kier molecular flexibility index (Phi) is 3.85. The zero-order chi connectivity index (χ0) is 12.8. The number of ether oxygens (including phenoxy) is 1. The molecule has 1 aromatic carbocycles. The highest BCUT2D eigenvalue weighted by atomic mass is 16.5. The molecule has 0 bridgehead atoms. The van der Waals surface area contributed by atoms with Crippen LogP contribution in [0.5, 0.6) is 5.75 Å². The van der Waals surface area contributed by atoms with Gasteiger partial charge < -0.3 is 10.1 Å². The van der Waals surface area contributed by atoms with Crippen molar-refractivity contribution in [3.05, 3.63) is 35.7 Å². The second kappa shape index (κ2) is 5.76. The second-order valence-electron chi connectivity index (χ2n) is 3.63. The molecule has 7 nitrogen and oxygen atoms in total. The van der Waals surface area contributed by atoms with Crippen LogP contribution in [0, 0.1) is 0 Å². The summed E-state index contributed by atoms with van der Waals surface area (Å²) in [6, 6.07) is 7.51. The van der Waals surface area contributed by atoms with E-state index in [0.717, 1.165) is 11.3 Å². The number of rotatable bonds is 5. The summed E-state index contributed by atoms with van der Waals surface area (Å²) in [5, 5.41) is 15.9. The number of carbonyl (C=O) groups excluding carboxylic acids is 1. The van der Waals surface area contributed by atoms with E-state index in [1.165, 1.54) is 0 Å². The Morgan fingerprint density at radius 1 is 1.50 bits per heavy atom. The number of aromatic amines is 1. The van der Waals surface area contributed by atoms with Gasteiger partial charge in [0.25, 0.3) is 0 Å². The molecule has 0 atom stereocenters. The van der Waals surface area contributed by atoms with Crippen LogP contribution >= 0.6 is 0 Å². The van der Waals surface area contributed by atoms with Crippen LogP contribution in [0.25, 0.3) is 0 Å². The molecule has 0 aliphatic heterocycles. The molecule has 0 spiro atoms. The third kappa shape index (κ3) is 3.27. The third-order valence-corrected chi connectivity index (χ3v) is 2.33. The highest BCUT2D eigenvalue weighted by Gasteiger charge is 2.06. The number of nitrogens with zero attached hydrogens (tertiary/aromatic N) is 3. The number of tetrazole rings is 1. The van der Waals surface area contributed by atoms with Gasteiger partial charge in [0.2, 0.25) is 5.91 Å². The van der Waals surface area contributed by atoms with Gasteiger partial charge in [0.15, 0.2) is 5.82 Å². The molecule has 7 heteroatoms. The SMILES string of the molecule is COc1cccc(CNC(=O)Cc2nn[nH]n2)c1. The number of carbonyl (C=O) groups is 1. The van der Waals surface area contributed by atoms with Gasteiger partial charge in [-0.25, -0.2) is 0 Å². The summed E-state index contributed by atoms with van der Waals surface area (Å²) in [5.41, 5.74) is 0.968. The first-order chi connectivity index (χ1) is 8.78. The number of methoxy groups -OCH3 is 1. The quantitative estimate of drug-likeness (QED) is 0.779. The maximum Gasteiger partial charge on any atom is 0.228 e. The van der Waals surface area contributed by atoms with Gasteiger partial charge in [-0.1, -0.05) is 17.3 Å². The predicted octanol–water partition coefficient (Wildman–Crippen LogP) is 0.0672. The highest BCUT2D eigenvalue weighted by molar-refractivity contribution is 5.77. The zero-order valence-corrected chi connectivity index (χ0v) is 9.88. The predicted molar refractivity (Wildman–Crippen MR) is 62.7 cm³/mol. The van der Waals surface area contributed by atoms with Crippen LogP contribution in [0.15, 0.2) is 24.3 Å². The van der Waals surface area contributed by atoms with Gasteiger partial charge in [0.1, 0.15) is 5.75 Å². The van der Waals surface area contributed by atoms with Crippen molar-refractivity contribution in [2.24, 2.45) is 0 Å². The summed E-state index contributed by atoms with van der Waals surface area (Å²) in [7, 11) is 1.61. The molecule has 2 rings (SSSR count). The molecule has 94 valence electrons. The molecule has 2 N–H and O–H groups in total. The molecule has 18 heavy (non-hydrogen) atoms. The van der Waals surface area contributed by atoms with Gasteiger partial charge in [0.05, 0.1) is 13.5 Å². The topological polar surface area (TPSA) is 92.8 Å². The van der Waals surface area contributed by atoms with Crippen molar-refractivity contribution in [1.29, 1.82) is 0 Å². The average Bonchev–Trinajstić information content (AvgIpc) is 2.89. The van der Waals surface area contributed by atoms with Crippen LogP contribution in [0.4, 0.5) is 0 Å². The van der Waals surface area contributed by atoms with Gasteiger partial charge in [-0.15, -0.1) is 10.2 Å².